The van der Waals surface area contributed by atoms with E-state index in [0.29, 0.717) is 17.2 Å². The van der Waals surface area contributed by atoms with Gasteiger partial charge in [0.15, 0.2) is 5.82 Å². The maximum Gasteiger partial charge on any atom is 0.239 e. The number of hydrogen-bond donors (Lipinski definition) is 0. The summed E-state index contributed by atoms with van der Waals surface area (Å²) in [6, 6.07) is 48.2. The molecule has 252 valence electrons. The summed E-state index contributed by atoms with van der Waals surface area (Å²) in [6.07, 6.45) is 8.58. The third-order valence-electron chi connectivity index (χ3n) is 12.6. The van der Waals surface area contributed by atoms with Gasteiger partial charge in [-0.25, -0.2) is 0 Å². The molecule has 0 atom stereocenters. The Bertz CT molecular complexity index is 2600. The molecule has 0 amide bonds. The third-order valence-corrected chi connectivity index (χ3v) is 12.7. The molecule has 5 heteroatoms. The summed E-state index contributed by atoms with van der Waals surface area (Å²) in [5.74, 6) is 3.87. The number of halogens is 1. The van der Waals surface area contributed by atoms with E-state index in [-0.39, 0.29) is 5.28 Å². The van der Waals surface area contributed by atoms with Crippen LogP contribution >= 0.6 is 11.6 Å². The van der Waals surface area contributed by atoms with Crippen molar-refractivity contribution < 1.29 is 0 Å². The van der Waals surface area contributed by atoms with Crippen LogP contribution in [-0.4, -0.2) is 19.5 Å². The summed E-state index contributed by atoms with van der Waals surface area (Å²) in [7, 11) is 0. The first-order valence-corrected chi connectivity index (χ1v) is 19.1. The molecule has 4 aliphatic carbocycles. The van der Waals surface area contributed by atoms with E-state index >= 15 is 0 Å². The van der Waals surface area contributed by atoms with E-state index in [1.54, 1.807) is 5.56 Å². The maximum atomic E-state index is 6.67. The Morgan fingerprint density at radius 1 is 0.538 bits per heavy atom. The molecule has 4 fully saturated rings. The second-order valence-electron chi connectivity index (χ2n) is 15.7. The van der Waals surface area contributed by atoms with Crippen molar-refractivity contribution in [2.75, 3.05) is 0 Å². The third kappa shape index (κ3) is 4.77. The van der Waals surface area contributed by atoms with Crippen LogP contribution in [0.1, 0.15) is 44.1 Å². The molecule has 4 saturated carbocycles. The smallest absolute Gasteiger partial charge is 0.239 e. The number of aromatic nitrogens is 4. The molecule has 0 unspecified atom stereocenters. The van der Waals surface area contributed by atoms with Crippen LogP contribution in [0.4, 0.5) is 0 Å². The lowest BCUT2D eigenvalue weighted by atomic mass is 9.48. The minimum Gasteiger partial charge on any atom is -0.278 e. The zero-order valence-electron chi connectivity index (χ0n) is 28.8. The van der Waals surface area contributed by atoms with Crippen LogP contribution in [-0.2, 0) is 5.41 Å². The molecule has 4 aliphatic rings. The number of nitrogens with zero attached hydrogens (tertiary/aromatic N) is 4. The van der Waals surface area contributed by atoms with Crippen LogP contribution in [0.15, 0.2) is 133 Å². The van der Waals surface area contributed by atoms with Crippen LogP contribution in [0.2, 0.25) is 5.28 Å². The van der Waals surface area contributed by atoms with Crippen LogP contribution in [0, 0.1) is 17.8 Å². The Morgan fingerprint density at radius 3 is 1.77 bits per heavy atom. The number of hydrogen-bond acceptors (Lipinski definition) is 3. The Balaban J connectivity index is 0.996. The van der Waals surface area contributed by atoms with E-state index < -0.39 is 0 Å². The van der Waals surface area contributed by atoms with E-state index in [2.05, 4.69) is 136 Å². The molecule has 4 bridgehead atoms. The summed E-state index contributed by atoms with van der Waals surface area (Å²) >= 11 is 6.67. The van der Waals surface area contributed by atoms with Crippen LogP contribution < -0.4 is 0 Å². The summed E-state index contributed by atoms with van der Waals surface area (Å²) in [5.41, 5.74) is 9.73. The number of fused-ring (bicyclic) bond motifs is 4. The first-order valence-electron chi connectivity index (χ1n) is 18.7. The lowest BCUT2D eigenvalue weighted by Crippen LogP contribution is -2.48. The minimum atomic E-state index is 0.164. The van der Waals surface area contributed by atoms with Crippen LogP contribution in [0.3, 0.4) is 0 Å². The van der Waals surface area contributed by atoms with Crippen LogP contribution in [0.5, 0.6) is 0 Å². The first kappa shape index (κ1) is 30.3. The Kier molecular flexibility index (Phi) is 6.76. The van der Waals surface area contributed by atoms with Gasteiger partial charge in [-0.3, -0.25) is 4.57 Å². The van der Waals surface area contributed by atoms with Crippen molar-refractivity contribution in [2.45, 2.75) is 43.9 Å². The van der Waals surface area contributed by atoms with Crippen LogP contribution in [0.25, 0.3) is 72.2 Å². The van der Waals surface area contributed by atoms with E-state index in [1.165, 1.54) is 66.0 Å². The van der Waals surface area contributed by atoms with E-state index in [4.69, 9.17) is 16.6 Å². The average Bonchev–Trinajstić information content (AvgIpc) is 3.51. The highest BCUT2D eigenvalue weighted by Crippen LogP contribution is 2.60. The van der Waals surface area contributed by atoms with Gasteiger partial charge in [-0.05, 0) is 130 Å². The Labute approximate surface area is 308 Å². The number of rotatable bonds is 5. The van der Waals surface area contributed by atoms with Gasteiger partial charge >= 0.3 is 0 Å². The van der Waals surface area contributed by atoms with Gasteiger partial charge in [0.2, 0.25) is 11.2 Å². The molecule has 2 aromatic heterocycles. The normalized spacial score (nSPS) is 22.1. The highest BCUT2D eigenvalue weighted by atomic mass is 35.5. The Morgan fingerprint density at radius 2 is 1.12 bits per heavy atom. The standard InChI is InChI=1S/C47H37ClN4/c48-45-49-44(50-46(51-45)52-41-16-3-1-12-39(41)40-13-2-4-17-42(40)52)35-11-5-10-34(25-35)38-15-7-9-33-8-6-14-37(43(33)38)32-18-20-36(21-19-32)47-26-29-22-30(27-47)24-31(23-29)28-47/h1-21,25,29-31H,22-24,26-28H2. The van der Waals surface area contributed by atoms with Crippen molar-refractivity contribution in [3.8, 4) is 39.6 Å². The minimum absolute atomic E-state index is 0.164. The molecule has 52 heavy (non-hydrogen) atoms. The zero-order valence-corrected chi connectivity index (χ0v) is 29.6. The molecule has 4 nitrogen and oxygen atoms in total. The predicted octanol–water partition coefficient (Wildman–Crippen LogP) is 12.2. The number of benzene rings is 6. The van der Waals surface area contributed by atoms with Gasteiger partial charge in [0.25, 0.3) is 0 Å². The summed E-state index contributed by atoms with van der Waals surface area (Å²) in [4.78, 5) is 14.3. The molecule has 0 N–H and O–H groups in total. The quantitative estimate of drug-likeness (QED) is 0.180. The van der Waals surface area contributed by atoms with Gasteiger partial charge in [-0.15, -0.1) is 0 Å². The Hall–Kier alpha value is -5.32. The lowest BCUT2D eigenvalue weighted by molar-refractivity contribution is -0.00518. The molecular weight excluding hydrogens is 656 g/mol. The molecule has 2 heterocycles. The van der Waals surface area contributed by atoms with Gasteiger partial charge < -0.3 is 0 Å². The van der Waals surface area contributed by atoms with Gasteiger partial charge in [-0.2, -0.15) is 15.0 Å². The largest absolute Gasteiger partial charge is 0.278 e. The molecule has 0 saturated heterocycles. The number of para-hydroxylation sites is 2. The highest BCUT2D eigenvalue weighted by molar-refractivity contribution is 6.28. The molecule has 8 aromatic rings. The molecular formula is C47H37ClN4. The monoisotopic (exact) mass is 692 g/mol. The van der Waals surface area contributed by atoms with Crippen molar-refractivity contribution in [3.05, 3.63) is 144 Å². The molecule has 0 aliphatic heterocycles. The lowest BCUT2D eigenvalue weighted by Gasteiger charge is -2.57. The van der Waals surface area contributed by atoms with Gasteiger partial charge in [0, 0.05) is 16.3 Å². The summed E-state index contributed by atoms with van der Waals surface area (Å²) < 4.78 is 2.08. The van der Waals surface area contributed by atoms with Crippen molar-refractivity contribution in [1.82, 2.24) is 19.5 Å². The summed E-state index contributed by atoms with van der Waals surface area (Å²) in [6.45, 7) is 0. The molecule has 0 radical (unpaired) electrons. The fourth-order valence-electron chi connectivity index (χ4n) is 10.8. The van der Waals surface area contributed by atoms with Gasteiger partial charge in [0.05, 0.1) is 11.0 Å². The van der Waals surface area contributed by atoms with E-state index in [1.807, 2.05) is 12.1 Å². The molecule has 6 aromatic carbocycles. The molecule has 0 spiro atoms. The van der Waals surface area contributed by atoms with E-state index in [0.717, 1.165) is 50.7 Å². The van der Waals surface area contributed by atoms with E-state index in [9.17, 15) is 0 Å². The predicted molar refractivity (Wildman–Crippen MR) is 213 cm³/mol. The fourth-order valence-corrected chi connectivity index (χ4v) is 11.0. The summed E-state index contributed by atoms with van der Waals surface area (Å²) in [5, 5.41) is 4.93. The van der Waals surface area contributed by atoms with Crippen molar-refractivity contribution >= 4 is 44.2 Å². The SMILES string of the molecule is Clc1nc(-c2cccc(-c3cccc4cccc(-c5ccc(C67CC8CC(CC(C8)C6)C7)cc5)c34)c2)nc(-n2c3ccccc3c3ccccc32)n1. The van der Waals surface area contributed by atoms with Crippen molar-refractivity contribution in [2.24, 2.45) is 17.8 Å². The zero-order chi connectivity index (χ0) is 34.4. The van der Waals surface area contributed by atoms with Crippen molar-refractivity contribution in [1.29, 1.82) is 0 Å². The topological polar surface area (TPSA) is 43.6 Å². The first-order chi connectivity index (χ1) is 25.6. The fraction of sp³-hybridized carbons (Fsp3) is 0.213. The van der Waals surface area contributed by atoms with Crippen molar-refractivity contribution in [3.63, 3.8) is 0 Å². The highest BCUT2D eigenvalue weighted by Gasteiger charge is 2.51. The second kappa shape index (κ2) is 11.6. The molecule has 12 rings (SSSR count). The maximum absolute atomic E-state index is 6.67. The average molecular weight is 693 g/mol. The van der Waals surface area contributed by atoms with Gasteiger partial charge in [-0.1, -0.05) is 115 Å². The van der Waals surface area contributed by atoms with Gasteiger partial charge in [0.1, 0.15) is 0 Å². The second-order valence-corrected chi connectivity index (χ2v) is 16.0.